The van der Waals surface area contributed by atoms with E-state index in [2.05, 4.69) is 28.4 Å². The highest BCUT2D eigenvalue weighted by molar-refractivity contribution is 5.95. The topological polar surface area (TPSA) is 52.7 Å². The van der Waals surface area contributed by atoms with Crippen LogP contribution in [0.4, 0.5) is 5.69 Å². The van der Waals surface area contributed by atoms with Crippen molar-refractivity contribution in [3.05, 3.63) is 54.1 Å². The van der Waals surface area contributed by atoms with Crippen molar-refractivity contribution in [3.63, 3.8) is 0 Å². The molecule has 0 spiro atoms. The molecule has 0 saturated carbocycles. The molecule has 0 aromatic heterocycles. The molecule has 1 atom stereocenters. The van der Waals surface area contributed by atoms with E-state index in [9.17, 15) is 9.59 Å². The Morgan fingerprint density at radius 3 is 2.48 bits per heavy atom. The van der Waals surface area contributed by atoms with Crippen molar-refractivity contribution in [2.24, 2.45) is 0 Å². The fourth-order valence-electron chi connectivity index (χ4n) is 3.54. The van der Waals surface area contributed by atoms with Crippen LogP contribution in [-0.4, -0.2) is 49.9 Å². The van der Waals surface area contributed by atoms with Crippen molar-refractivity contribution in [3.8, 4) is 11.1 Å². The summed E-state index contributed by atoms with van der Waals surface area (Å²) >= 11 is 0. The molecule has 1 N–H and O–H groups in total. The van der Waals surface area contributed by atoms with Crippen molar-refractivity contribution in [2.75, 3.05) is 32.1 Å². The highest BCUT2D eigenvalue weighted by Gasteiger charge is 2.25. The molecule has 2 aromatic rings. The highest BCUT2D eigenvalue weighted by Crippen LogP contribution is 2.25. The van der Waals surface area contributed by atoms with Gasteiger partial charge in [-0.3, -0.25) is 9.59 Å². The van der Waals surface area contributed by atoms with E-state index in [4.69, 9.17) is 0 Å². The molecule has 1 fully saturated rings. The normalized spacial score (nSPS) is 16.7. The molecule has 0 aliphatic carbocycles. The molecule has 0 radical (unpaired) electrons. The smallest absolute Gasteiger partial charge is 0.253 e. The summed E-state index contributed by atoms with van der Waals surface area (Å²) < 4.78 is 0. The lowest BCUT2D eigenvalue weighted by Gasteiger charge is -2.33. The van der Waals surface area contributed by atoms with E-state index in [1.54, 1.807) is 0 Å². The molecule has 1 saturated heterocycles. The van der Waals surface area contributed by atoms with Gasteiger partial charge in [-0.15, -0.1) is 0 Å². The Bertz CT molecular complexity index is 832. The summed E-state index contributed by atoms with van der Waals surface area (Å²) in [6, 6.07) is 16.1. The first-order valence-corrected chi connectivity index (χ1v) is 9.38. The minimum Gasteiger partial charge on any atom is -0.378 e. The number of carbonyl (C=O) groups excluding carboxylic acids is 2. The molecule has 142 valence electrons. The molecular weight excluding hydrogens is 338 g/mol. The van der Waals surface area contributed by atoms with Crippen molar-refractivity contribution >= 4 is 17.5 Å². The molecule has 1 aliphatic heterocycles. The van der Waals surface area contributed by atoms with E-state index in [0.717, 1.165) is 36.2 Å². The Morgan fingerprint density at radius 1 is 1.07 bits per heavy atom. The van der Waals surface area contributed by atoms with E-state index in [1.165, 1.54) is 6.92 Å². The summed E-state index contributed by atoms with van der Waals surface area (Å²) in [5.74, 6) is -0.0206. The number of anilines is 1. The molecule has 5 heteroatoms. The van der Waals surface area contributed by atoms with Crippen molar-refractivity contribution in [1.82, 2.24) is 10.2 Å². The second-order valence-electron chi connectivity index (χ2n) is 7.32. The third-order valence-corrected chi connectivity index (χ3v) is 4.92. The number of carbonyl (C=O) groups is 2. The maximum absolute atomic E-state index is 13.0. The quantitative estimate of drug-likeness (QED) is 0.905. The van der Waals surface area contributed by atoms with Gasteiger partial charge in [0.15, 0.2) is 0 Å². The third-order valence-electron chi connectivity index (χ3n) is 4.92. The number of rotatable bonds is 4. The lowest BCUT2D eigenvalue weighted by Crippen LogP contribution is -2.49. The lowest BCUT2D eigenvalue weighted by molar-refractivity contribution is -0.120. The van der Waals surface area contributed by atoms with Crippen LogP contribution in [0.2, 0.25) is 0 Å². The van der Waals surface area contributed by atoms with E-state index >= 15 is 0 Å². The van der Waals surface area contributed by atoms with Gasteiger partial charge in [-0.1, -0.05) is 24.3 Å². The van der Waals surface area contributed by atoms with Crippen LogP contribution >= 0.6 is 0 Å². The number of likely N-dealkylation sites (tertiary alicyclic amines) is 1. The van der Waals surface area contributed by atoms with Crippen LogP contribution in [0, 0.1) is 0 Å². The van der Waals surface area contributed by atoms with Crippen molar-refractivity contribution in [2.45, 2.75) is 25.8 Å². The number of benzene rings is 2. The van der Waals surface area contributed by atoms with E-state index < -0.39 is 0 Å². The summed E-state index contributed by atoms with van der Waals surface area (Å²) in [6.07, 6.45) is 1.82. The zero-order valence-electron chi connectivity index (χ0n) is 16.2. The van der Waals surface area contributed by atoms with Gasteiger partial charge in [0.25, 0.3) is 5.91 Å². The fourth-order valence-corrected chi connectivity index (χ4v) is 3.54. The van der Waals surface area contributed by atoms with E-state index in [0.29, 0.717) is 12.1 Å². The van der Waals surface area contributed by atoms with Gasteiger partial charge in [-0.2, -0.15) is 0 Å². The van der Waals surface area contributed by atoms with Crippen molar-refractivity contribution < 1.29 is 9.59 Å². The molecule has 27 heavy (non-hydrogen) atoms. The molecule has 2 aromatic carbocycles. The van der Waals surface area contributed by atoms with Gasteiger partial charge in [0.2, 0.25) is 5.91 Å². The van der Waals surface area contributed by atoms with Gasteiger partial charge in [-0.25, -0.2) is 0 Å². The van der Waals surface area contributed by atoms with Crippen LogP contribution in [0.1, 0.15) is 30.1 Å². The number of nitrogens with one attached hydrogen (secondary N) is 1. The highest BCUT2D eigenvalue weighted by atomic mass is 16.2. The standard InChI is InChI=1S/C22H27N3O2/c1-16(26)23-20-10-6-12-25(15-20)22(27)19-9-4-7-17(13-19)18-8-5-11-21(14-18)24(2)3/h4-5,7-9,11,13-14,20H,6,10,12,15H2,1-3H3,(H,23,26). The first-order chi connectivity index (χ1) is 12.9. The van der Waals surface area contributed by atoms with Crippen LogP contribution in [0.3, 0.4) is 0 Å². The second-order valence-corrected chi connectivity index (χ2v) is 7.32. The van der Waals surface area contributed by atoms with Gasteiger partial charge < -0.3 is 15.1 Å². The SMILES string of the molecule is CC(=O)NC1CCCN(C(=O)c2cccc(-c3cccc(N(C)C)c3)c2)C1. The van der Waals surface area contributed by atoms with Gasteiger partial charge >= 0.3 is 0 Å². The predicted molar refractivity (Wildman–Crippen MR) is 109 cm³/mol. The summed E-state index contributed by atoms with van der Waals surface area (Å²) in [7, 11) is 4.03. The van der Waals surface area contributed by atoms with Crippen LogP contribution in [0.15, 0.2) is 48.5 Å². The van der Waals surface area contributed by atoms with Gasteiger partial charge in [0, 0.05) is 51.4 Å². The molecular formula is C22H27N3O2. The van der Waals surface area contributed by atoms with E-state index in [1.807, 2.05) is 49.3 Å². The number of amides is 2. The largest absolute Gasteiger partial charge is 0.378 e. The molecule has 0 bridgehead atoms. The zero-order valence-corrected chi connectivity index (χ0v) is 16.2. The minimum absolute atomic E-state index is 0.0238. The van der Waals surface area contributed by atoms with Crippen LogP contribution in [-0.2, 0) is 4.79 Å². The van der Waals surface area contributed by atoms with E-state index in [-0.39, 0.29) is 17.9 Å². The molecule has 1 unspecified atom stereocenters. The monoisotopic (exact) mass is 365 g/mol. The number of piperidine rings is 1. The second kappa shape index (κ2) is 8.25. The van der Waals surface area contributed by atoms with Crippen LogP contribution in [0.25, 0.3) is 11.1 Å². The Hall–Kier alpha value is -2.82. The maximum Gasteiger partial charge on any atom is 0.253 e. The first-order valence-electron chi connectivity index (χ1n) is 9.38. The number of nitrogens with zero attached hydrogens (tertiary/aromatic N) is 2. The van der Waals surface area contributed by atoms with Crippen LogP contribution < -0.4 is 10.2 Å². The molecule has 1 aliphatic rings. The fraction of sp³-hybridized carbons (Fsp3) is 0.364. The van der Waals surface area contributed by atoms with Crippen LogP contribution in [0.5, 0.6) is 0 Å². The minimum atomic E-state index is -0.0444. The van der Waals surface area contributed by atoms with Crippen molar-refractivity contribution in [1.29, 1.82) is 0 Å². The Kier molecular flexibility index (Phi) is 5.79. The average Bonchev–Trinajstić information content (AvgIpc) is 2.67. The Labute approximate surface area is 161 Å². The van der Waals surface area contributed by atoms with Gasteiger partial charge in [-0.05, 0) is 48.2 Å². The van der Waals surface area contributed by atoms with Gasteiger partial charge in [0.1, 0.15) is 0 Å². The number of hydrogen-bond donors (Lipinski definition) is 1. The average molecular weight is 365 g/mol. The lowest BCUT2D eigenvalue weighted by atomic mass is 10.0. The summed E-state index contributed by atoms with van der Waals surface area (Å²) in [4.78, 5) is 28.2. The number of hydrogen-bond acceptors (Lipinski definition) is 3. The Morgan fingerprint density at radius 2 is 1.78 bits per heavy atom. The molecule has 2 amide bonds. The maximum atomic E-state index is 13.0. The summed E-state index contributed by atoms with van der Waals surface area (Å²) in [6.45, 7) is 2.82. The Balaban J connectivity index is 1.80. The first kappa shape index (κ1) is 19.0. The predicted octanol–water partition coefficient (Wildman–Crippen LogP) is 3.16. The summed E-state index contributed by atoms with van der Waals surface area (Å²) in [5, 5.41) is 2.93. The summed E-state index contributed by atoms with van der Waals surface area (Å²) in [5.41, 5.74) is 3.93. The third kappa shape index (κ3) is 4.67. The van der Waals surface area contributed by atoms with Gasteiger partial charge in [0.05, 0.1) is 0 Å². The molecule has 3 rings (SSSR count). The molecule has 1 heterocycles. The molecule has 5 nitrogen and oxygen atoms in total. The zero-order chi connectivity index (χ0) is 19.4.